The number of hydrogen-bond acceptors (Lipinski definition) is 7. The second-order valence-electron chi connectivity index (χ2n) is 13.2. The highest BCUT2D eigenvalue weighted by molar-refractivity contribution is 7.92. The van der Waals surface area contributed by atoms with E-state index in [9.17, 15) is 31.2 Å². The number of fused-ring (bicyclic) bond motifs is 1. The Kier molecular flexibility index (Phi) is 13.5. The maximum Gasteiger partial charge on any atom is 0.573 e. The van der Waals surface area contributed by atoms with Gasteiger partial charge in [0.1, 0.15) is 11.5 Å². The summed E-state index contributed by atoms with van der Waals surface area (Å²) in [5, 5.41) is 2.60. The normalized spacial score (nSPS) is 18.7. The van der Waals surface area contributed by atoms with Crippen LogP contribution in [0.4, 0.5) is 18.9 Å². The predicted molar refractivity (Wildman–Crippen MR) is 188 cm³/mol. The van der Waals surface area contributed by atoms with E-state index in [1.807, 2.05) is 0 Å². The molecule has 0 radical (unpaired) electrons. The topological polar surface area (TPSA) is 105 Å². The number of carbonyl (C=O) groups is 2. The van der Waals surface area contributed by atoms with Crippen molar-refractivity contribution >= 4 is 62.6 Å². The maximum absolute atomic E-state index is 13.8. The van der Waals surface area contributed by atoms with Gasteiger partial charge in [-0.15, -0.1) is 13.2 Å². The van der Waals surface area contributed by atoms with Crippen molar-refractivity contribution in [1.29, 1.82) is 0 Å². The Morgan fingerprint density at radius 2 is 1.81 bits per heavy atom. The molecule has 2 aromatic carbocycles. The number of amides is 2. The number of likely N-dealkylation sites (N-methyl/N-ethyl adjacent to an activating group) is 1. The van der Waals surface area contributed by atoms with E-state index >= 15 is 0 Å². The van der Waals surface area contributed by atoms with Crippen LogP contribution in [-0.2, 0) is 30.3 Å². The fourth-order valence-electron chi connectivity index (χ4n) is 5.54. The van der Waals surface area contributed by atoms with Gasteiger partial charge in [-0.1, -0.05) is 39.0 Å². The molecule has 4 rings (SSSR count). The number of rotatable bonds is 10. The number of carbonyl (C=O) groups excluding carboxylic acids is 2. The first-order valence-corrected chi connectivity index (χ1v) is 19.5. The number of hydrogen-bond donors (Lipinski definition) is 1. The summed E-state index contributed by atoms with van der Waals surface area (Å²) in [6.07, 6.45) is -4.16. The van der Waals surface area contributed by atoms with E-state index in [1.165, 1.54) is 36.4 Å². The van der Waals surface area contributed by atoms with Gasteiger partial charge < -0.3 is 19.4 Å². The molecule has 1 saturated heterocycles. The number of nitrogens with zero attached hydrogens (tertiary/aromatic N) is 2. The molecule has 1 N–H and O–H groups in total. The van der Waals surface area contributed by atoms with Gasteiger partial charge in [0.15, 0.2) is 18.2 Å². The Hall–Kier alpha value is -2.24. The van der Waals surface area contributed by atoms with Gasteiger partial charge in [-0.2, -0.15) is 27.0 Å². The van der Waals surface area contributed by atoms with Crippen LogP contribution in [0, 0.1) is 0 Å². The van der Waals surface area contributed by atoms with Crippen LogP contribution in [0.25, 0.3) is 0 Å². The van der Waals surface area contributed by atoms with Crippen LogP contribution in [-0.4, -0.2) is 82.7 Å². The van der Waals surface area contributed by atoms with Crippen molar-refractivity contribution < 1.29 is 40.3 Å². The number of ether oxygens (including phenoxy) is 1. The predicted octanol–water partition coefficient (Wildman–Crippen LogP) is 5.77. The number of benzene rings is 2. The highest BCUT2D eigenvalue weighted by Gasteiger charge is 2.41. The summed E-state index contributed by atoms with van der Waals surface area (Å²) in [6.45, 7) is 14.7. The number of sulfone groups is 1. The minimum absolute atomic E-state index is 0. The van der Waals surface area contributed by atoms with Crippen molar-refractivity contribution in [2.45, 2.75) is 82.1 Å². The number of likely N-dealkylation sites (tertiary alicyclic amines) is 1. The Balaban J connectivity index is 0.00000384. The van der Waals surface area contributed by atoms with Crippen molar-refractivity contribution in [3.05, 3.63) is 53.6 Å². The molecule has 0 spiro atoms. The molecular weight excluding hydrogens is 692 g/mol. The van der Waals surface area contributed by atoms with Crippen LogP contribution in [0.3, 0.4) is 0 Å². The van der Waals surface area contributed by atoms with Crippen molar-refractivity contribution in [3.63, 3.8) is 0 Å². The van der Waals surface area contributed by atoms with Gasteiger partial charge in [0, 0.05) is 26.2 Å². The van der Waals surface area contributed by atoms with Gasteiger partial charge in [0.25, 0.3) is 0 Å². The van der Waals surface area contributed by atoms with Crippen molar-refractivity contribution in [1.82, 2.24) is 9.80 Å². The second-order valence-corrected chi connectivity index (χ2v) is 19.9. The zero-order valence-electron chi connectivity index (χ0n) is 27.5. The minimum Gasteiger partial charge on any atom is -0.413 e. The standard InChI is InChI=1S/C31H42F3N3O6SSi.2H2S/c1-7-37(29(39)16-21-11-12-27-25(15-21)35-28(38)20-44(27,40)41)26(22-9-8-10-23(17-22)42-31(32,33)34)19-36-14-13-24(18-36)43-45(5,6)30(2,3)4;;/h8-12,15,17,24,26H,7,13-14,16,18-20H2,1-6H3,(H,35,38);2*1H2/t24-,26+;;/m0../s1. The lowest BCUT2D eigenvalue weighted by molar-refractivity contribution is -0.274. The third-order valence-electron chi connectivity index (χ3n) is 8.77. The second kappa shape index (κ2) is 15.5. The molecule has 16 heteroatoms. The summed E-state index contributed by atoms with van der Waals surface area (Å²) in [5.41, 5.74) is 1.11. The molecule has 0 aromatic heterocycles. The summed E-state index contributed by atoms with van der Waals surface area (Å²) < 4.78 is 74.9. The Morgan fingerprint density at radius 1 is 1.13 bits per heavy atom. The summed E-state index contributed by atoms with van der Waals surface area (Å²) >= 11 is 0. The van der Waals surface area contributed by atoms with Crippen molar-refractivity contribution in [3.8, 4) is 5.75 Å². The Labute approximate surface area is 290 Å². The Bertz CT molecular complexity index is 1540. The van der Waals surface area contributed by atoms with Crippen LogP contribution >= 0.6 is 27.0 Å². The minimum atomic E-state index is -4.87. The molecule has 0 unspecified atom stereocenters. The molecule has 2 amide bonds. The first-order chi connectivity index (χ1) is 20.8. The molecule has 9 nitrogen and oxygen atoms in total. The van der Waals surface area contributed by atoms with Crippen LogP contribution in [0.5, 0.6) is 5.75 Å². The van der Waals surface area contributed by atoms with Crippen molar-refractivity contribution in [2.24, 2.45) is 0 Å². The third kappa shape index (κ3) is 10.4. The van der Waals surface area contributed by atoms with E-state index in [0.717, 1.165) is 6.42 Å². The maximum atomic E-state index is 13.8. The molecule has 264 valence electrons. The largest absolute Gasteiger partial charge is 0.573 e. The molecular formula is C31H46F3N3O6S3Si. The first kappa shape index (κ1) is 40.9. The third-order valence-corrected chi connectivity index (χ3v) is 15.0. The van der Waals surface area contributed by atoms with Gasteiger partial charge in [-0.05, 0) is 66.9 Å². The van der Waals surface area contributed by atoms with Crippen LogP contribution < -0.4 is 10.1 Å². The molecule has 2 aliphatic heterocycles. The molecule has 47 heavy (non-hydrogen) atoms. The number of halogens is 3. The van der Waals surface area contributed by atoms with Gasteiger partial charge in [0.05, 0.1) is 29.1 Å². The molecule has 0 bridgehead atoms. The average Bonchev–Trinajstić information content (AvgIpc) is 3.32. The summed E-state index contributed by atoms with van der Waals surface area (Å²) in [6, 6.07) is 9.48. The van der Waals surface area contributed by atoms with Crippen molar-refractivity contribution in [2.75, 3.05) is 37.2 Å². The van der Waals surface area contributed by atoms with E-state index in [0.29, 0.717) is 30.8 Å². The SMILES string of the molecule is CCN(C(=O)Cc1ccc2c(c1)NC(=O)CS2(=O)=O)[C@H](CN1CC[C@H](O[Si](C)(C)C(C)(C)C)C1)c1cccc(OC(F)(F)F)c1.S.S. The molecule has 0 saturated carbocycles. The number of anilines is 1. The molecule has 0 aliphatic carbocycles. The van der Waals surface area contributed by atoms with Gasteiger partial charge >= 0.3 is 6.36 Å². The fraction of sp³-hybridized carbons (Fsp3) is 0.548. The van der Waals surface area contributed by atoms with E-state index in [2.05, 4.69) is 48.8 Å². The highest BCUT2D eigenvalue weighted by Crippen LogP contribution is 2.39. The summed E-state index contributed by atoms with van der Waals surface area (Å²) in [5.74, 6) is -1.97. The van der Waals surface area contributed by atoms with E-state index in [1.54, 1.807) is 17.9 Å². The van der Waals surface area contributed by atoms with E-state index in [-0.39, 0.29) is 73.3 Å². The van der Waals surface area contributed by atoms with E-state index < -0.39 is 42.2 Å². The van der Waals surface area contributed by atoms with Gasteiger partial charge in [-0.3, -0.25) is 14.5 Å². The number of nitrogens with one attached hydrogen (secondary N) is 1. The Morgan fingerprint density at radius 3 is 2.43 bits per heavy atom. The van der Waals surface area contributed by atoms with Crippen LogP contribution in [0.1, 0.15) is 51.3 Å². The lowest BCUT2D eigenvalue weighted by atomic mass is 10.0. The lowest BCUT2D eigenvalue weighted by Gasteiger charge is -2.38. The van der Waals surface area contributed by atoms with Gasteiger partial charge in [0.2, 0.25) is 11.8 Å². The molecule has 2 aromatic rings. The monoisotopic (exact) mass is 737 g/mol. The molecule has 2 aliphatic rings. The molecule has 2 atom stereocenters. The molecule has 2 heterocycles. The van der Waals surface area contributed by atoms with Gasteiger partial charge in [-0.25, -0.2) is 8.42 Å². The lowest BCUT2D eigenvalue weighted by Crippen LogP contribution is -2.45. The molecule has 1 fully saturated rings. The highest BCUT2D eigenvalue weighted by atomic mass is 32.2. The van der Waals surface area contributed by atoms with Crippen LogP contribution in [0.2, 0.25) is 18.1 Å². The zero-order valence-corrected chi connectivity index (χ0v) is 31.3. The quantitative estimate of drug-likeness (QED) is 0.309. The summed E-state index contributed by atoms with van der Waals surface area (Å²) in [4.78, 5) is 29.6. The summed E-state index contributed by atoms with van der Waals surface area (Å²) in [7, 11) is -5.80. The average molecular weight is 738 g/mol. The first-order valence-electron chi connectivity index (χ1n) is 15.0. The zero-order chi connectivity index (χ0) is 33.4. The van der Waals surface area contributed by atoms with Crippen LogP contribution in [0.15, 0.2) is 47.4 Å². The fourth-order valence-corrected chi connectivity index (χ4v) is 8.21. The number of alkyl halides is 3. The smallest absolute Gasteiger partial charge is 0.413 e. The van der Waals surface area contributed by atoms with E-state index in [4.69, 9.17) is 4.43 Å².